The molecular weight excluding hydrogens is 1020 g/mol. The Morgan fingerprint density at radius 2 is 0.753 bits per heavy atom. The van der Waals surface area contributed by atoms with Crippen LogP contribution in [0.5, 0.6) is 0 Å². The van der Waals surface area contributed by atoms with Gasteiger partial charge in [0.05, 0.1) is 39.9 Å². The van der Waals surface area contributed by atoms with Crippen LogP contribution in [-0.4, -0.2) is 68.5 Å². The van der Waals surface area contributed by atoms with Crippen molar-refractivity contribution in [3.63, 3.8) is 0 Å². The van der Waals surface area contributed by atoms with Crippen molar-refractivity contribution in [2.24, 2.45) is 0 Å². The Hall–Kier alpha value is -3.36. The van der Waals surface area contributed by atoms with E-state index in [4.69, 9.17) is 9.05 Å². The predicted molar refractivity (Wildman–Crippen MR) is 352 cm³/mol. The second-order valence-electron chi connectivity index (χ2n) is 23.1. The Bertz CT molecular complexity index is 1780. The average Bonchev–Trinajstić information content (AvgIpc) is 3.43. The first kappa shape index (κ1) is 77.6. The lowest BCUT2D eigenvalue weighted by molar-refractivity contribution is -0.870. The average molecular weight is 1150 g/mol. The Kier molecular flexibility index (Phi) is 58.7. The van der Waals surface area contributed by atoms with Gasteiger partial charge in [-0.15, -0.1) is 0 Å². The van der Waals surface area contributed by atoms with Crippen LogP contribution in [0.2, 0.25) is 0 Å². The molecular formula is C72H125N2O6P. The van der Waals surface area contributed by atoms with E-state index in [9.17, 15) is 19.4 Å². The van der Waals surface area contributed by atoms with Crippen molar-refractivity contribution in [1.29, 1.82) is 0 Å². The molecule has 0 aliphatic carbocycles. The van der Waals surface area contributed by atoms with E-state index in [1.807, 2.05) is 27.2 Å². The fraction of sp³-hybridized carbons (Fsp3) is 0.681. The fourth-order valence-electron chi connectivity index (χ4n) is 9.01. The van der Waals surface area contributed by atoms with Gasteiger partial charge < -0.3 is 28.8 Å². The van der Waals surface area contributed by atoms with Gasteiger partial charge in [0.2, 0.25) is 5.91 Å². The molecule has 0 aliphatic rings. The summed E-state index contributed by atoms with van der Waals surface area (Å²) in [5.74, 6) is -0.209. The molecule has 0 aliphatic heterocycles. The number of phosphoric acid groups is 1. The van der Waals surface area contributed by atoms with Gasteiger partial charge in [0.15, 0.2) is 0 Å². The third kappa shape index (κ3) is 64.1. The van der Waals surface area contributed by atoms with Crippen LogP contribution in [0.3, 0.4) is 0 Å². The number of nitrogens with one attached hydrogen (secondary N) is 1. The van der Waals surface area contributed by atoms with Gasteiger partial charge in [0.25, 0.3) is 7.82 Å². The number of likely N-dealkylation sites (N-methyl/N-ethyl adjacent to an activating group) is 1. The molecule has 0 fully saturated rings. The van der Waals surface area contributed by atoms with Crippen LogP contribution < -0.4 is 10.2 Å². The first-order valence-electron chi connectivity index (χ1n) is 33.0. The first-order valence-corrected chi connectivity index (χ1v) is 34.5. The maximum Gasteiger partial charge on any atom is 0.268 e. The number of hydrogen-bond acceptors (Lipinski definition) is 6. The molecule has 1 amide bonds. The summed E-state index contributed by atoms with van der Waals surface area (Å²) >= 11 is 0. The van der Waals surface area contributed by atoms with Crippen LogP contribution in [0.4, 0.5) is 0 Å². The standard InChI is InChI=1S/C72H125N2O6P/c1-6-8-10-12-14-16-18-20-22-24-26-28-29-30-31-32-33-34-35-36-37-38-39-40-41-42-43-44-45-46-48-50-52-54-56-58-60-62-64-66-72(76)73-70(69-80-81(77,78)79-68-67-74(3,4)5)71(75)65-63-61-59-57-55-53-51-49-47-27-25-23-21-19-17-15-13-11-9-7-2/h8,10,14,16,20,22,26,28,30-31,33-34,36-37,39-40,42-43,45-46,63,65,70-71,75H,6-7,9,11-13,15,17-19,21,23-25,27,29,32,35,38,41,44,47-62,64,66-69H2,1-5H3,(H-,73,76,77,78)/b10-8-,16-14-,22-20-,28-26-,31-30-,34-33-,37-36-,40-39-,43-42-,46-45-,65-63+. The number of unbranched alkanes of at least 4 members (excludes halogenated alkanes) is 26. The van der Waals surface area contributed by atoms with E-state index in [2.05, 4.69) is 141 Å². The molecule has 0 bridgehead atoms. The van der Waals surface area contributed by atoms with Gasteiger partial charge in [-0.2, -0.15) is 0 Å². The fourth-order valence-corrected chi connectivity index (χ4v) is 9.73. The Balaban J connectivity index is 4.16. The molecule has 3 atom stereocenters. The zero-order chi connectivity index (χ0) is 59.1. The van der Waals surface area contributed by atoms with E-state index in [0.717, 1.165) is 116 Å². The number of hydrogen-bond donors (Lipinski definition) is 2. The summed E-state index contributed by atoms with van der Waals surface area (Å²) in [5.41, 5.74) is 0. The Morgan fingerprint density at radius 3 is 1.10 bits per heavy atom. The number of nitrogens with zero attached hydrogens (tertiary/aromatic N) is 1. The summed E-state index contributed by atoms with van der Waals surface area (Å²) in [4.78, 5) is 25.6. The highest BCUT2D eigenvalue weighted by molar-refractivity contribution is 7.45. The van der Waals surface area contributed by atoms with Crippen molar-refractivity contribution in [2.45, 2.75) is 276 Å². The van der Waals surface area contributed by atoms with Crippen molar-refractivity contribution in [3.05, 3.63) is 134 Å². The largest absolute Gasteiger partial charge is 0.756 e. The van der Waals surface area contributed by atoms with Gasteiger partial charge in [0.1, 0.15) is 13.2 Å². The van der Waals surface area contributed by atoms with E-state index in [1.54, 1.807) is 6.08 Å². The van der Waals surface area contributed by atoms with Crippen molar-refractivity contribution < 1.29 is 32.9 Å². The topological polar surface area (TPSA) is 108 Å². The van der Waals surface area contributed by atoms with Crippen LogP contribution in [-0.2, 0) is 18.4 Å². The number of carbonyl (C=O) groups excluding carboxylic acids is 1. The minimum absolute atomic E-state index is 0.00862. The highest BCUT2D eigenvalue weighted by Crippen LogP contribution is 2.38. The normalized spacial score (nSPS) is 14.6. The van der Waals surface area contributed by atoms with Gasteiger partial charge in [-0.1, -0.05) is 295 Å². The summed E-state index contributed by atoms with van der Waals surface area (Å²) in [7, 11) is 1.24. The van der Waals surface area contributed by atoms with Crippen LogP contribution in [0.1, 0.15) is 264 Å². The van der Waals surface area contributed by atoms with Crippen LogP contribution in [0, 0.1) is 0 Å². The molecule has 0 saturated heterocycles. The maximum atomic E-state index is 13.0. The lowest BCUT2D eigenvalue weighted by atomic mass is 10.0. The second-order valence-corrected chi connectivity index (χ2v) is 24.5. The zero-order valence-electron chi connectivity index (χ0n) is 52.9. The molecule has 0 aromatic rings. The lowest BCUT2D eigenvalue weighted by Gasteiger charge is -2.29. The lowest BCUT2D eigenvalue weighted by Crippen LogP contribution is -2.45. The summed E-state index contributed by atoms with van der Waals surface area (Å²) in [6.45, 7) is 4.54. The van der Waals surface area contributed by atoms with Gasteiger partial charge >= 0.3 is 0 Å². The Labute approximate surface area is 500 Å². The smallest absolute Gasteiger partial charge is 0.268 e. The number of amides is 1. The van der Waals surface area contributed by atoms with E-state index in [0.29, 0.717) is 17.4 Å². The van der Waals surface area contributed by atoms with E-state index >= 15 is 0 Å². The van der Waals surface area contributed by atoms with Crippen LogP contribution in [0.25, 0.3) is 0 Å². The van der Waals surface area contributed by atoms with Crippen LogP contribution in [0.15, 0.2) is 134 Å². The van der Waals surface area contributed by atoms with Gasteiger partial charge in [-0.3, -0.25) is 9.36 Å². The molecule has 8 nitrogen and oxygen atoms in total. The third-order valence-corrected chi connectivity index (χ3v) is 15.1. The minimum Gasteiger partial charge on any atom is -0.756 e. The number of rotatable bonds is 59. The number of aliphatic hydroxyl groups excluding tert-OH is 1. The molecule has 81 heavy (non-hydrogen) atoms. The molecule has 9 heteroatoms. The van der Waals surface area contributed by atoms with Crippen molar-refractivity contribution >= 4 is 13.7 Å². The summed E-state index contributed by atoms with van der Waals surface area (Å²) in [6.07, 6.45) is 92.6. The highest BCUT2D eigenvalue weighted by Gasteiger charge is 2.23. The number of phosphoric ester groups is 1. The number of carbonyl (C=O) groups is 1. The maximum absolute atomic E-state index is 13.0. The number of aliphatic hydroxyl groups is 1. The molecule has 0 aromatic heterocycles. The molecule has 0 spiro atoms. The number of quaternary nitrogens is 1. The summed E-state index contributed by atoms with van der Waals surface area (Å²) < 4.78 is 23.4. The molecule has 0 saturated carbocycles. The summed E-state index contributed by atoms with van der Waals surface area (Å²) in [6, 6.07) is -0.901. The molecule has 0 heterocycles. The third-order valence-electron chi connectivity index (χ3n) is 14.1. The summed E-state index contributed by atoms with van der Waals surface area (Å²) in [5, 5.41) is 13.9. The Morgan fingerprint density at radius 1 is 0.444 bits per heavy atom. The molecule has 3 unspecified atom stereocenters. The van der Waals surface area contributed by atoms with Crippen molar-refractivity contribution in [3.8, 4) is 0 Å². The number of allylic oxidation sites excluding steroid dienone is 21. The van der Waals surface area contributed by atoms with E-state index in [1.165, 1.54) is 128 Å². The minimum atomic E-state index is -4.61. The predicted octanol–water partition coefficient (Wildman–Crippen LogP) is 20.4. The highest BCUT2D eigenvalue weighted by atomic mass is 31.2. The quantitative estimate of drug-likeness (QED) is 0.0272. The molecule has 0 radical (unpaired) electrons. The van der Waals surface area contributed by atoms with Gasteiger partial charge in [0, 0.05) is 6.42 Å². The van der Waals surface area contributed by atoms with Crippen molar-refractivity contribution in [1.82, 2.24) is 5.32 Å². The monoisotopic (exact) mass is 1140 g/mol. The second kappa shape index (κ2) is 61.2. The first-order chi connectivity index (χ1) is 39.5. The SMILES string of the molecule is CC/C=C\C/C=C\C/C=C\C/C=C\C/C=C\C/C=C\C/C=C\C/C=C\C/C=C\C/C=C\CCCCCCCCCCC(=O)NC(COP(=O)([O-])OCC[N+](C)(C)C)C(O)/C=C/CCCCCCCCCCCCCCCCCCCC. The van der Waals surface area contributed by atoms with E-state index < -0.39 is 20.0 Å². The molecule has 464 valence electrons. The van der Waals surface area contributed by atoms with Gasteiger partial charge in [-0.05, 0) is 96.3 Å². The van der Waals surface area contributed by atoms with Crippen LogP contribution >= 0.6 is 7.82 Å². The zero-order valence-corrected chi connectivity index (χ0v) is 53.8. The van der Waals surface area contributed by atoms with E-state index in [-0.39, 0.29) is 19.1 Å². The molecule has 0 rings (SSSR count). The molecule has 0 aromatic carbocycles. The van der Waals surface area contributed by atoms with Crippen molar-refractivity contribution in [2.75, 3.05) is 40.9 Å². The molecule has 2 N–H and O–H groups in total. The van der Waals surface area contributed by atoms with Gasteiger partial charge in [-0.25, -0.2) is 0 Å².